The van der Waals surface area contributed by atoms with Crippen LogP contribution in [0.5, 0.6) is 0 Å². The van der Waals surface area contributed by atoms with Gasteiger partial charge >= 0.3 is 6.03 Å². The molecule has 1 heterocycles. The number of aromatic amines is 1. The molecule has 0 saturated heterocycles. The van der Waals surface area contributed by atoms with E-state index in [0.717, 1.165) is 11.1 Å². The Morgan fingerprint density at radius 1 is 0.903 bits per heavy atom. The Hall–Kier alpha value is -3.87. The number of benzene rings is 2. The van der Waals surface area contributed by atoms with Crippen molar-refractivity contribution in [3.63, 3.8) is 0 Å². The van der Waals surface area contributed by atoms with Gasteiger partial charge in [0, 0.05) is 30.1 Å². The molecule has 31 heavy (non-hydrogen) atoms. The van der Waals surface area contributed by atoms with Gasteiger partial charge in [0.1, 0.15) is 5.69 Å². The highest BCUT2D eigenvalue weighted by molar-refractivity contribution is 6.04. The second-order valence-corrected chi connectivity index (χ2v) is 8.20. The number of nitrogens with one attached hydrogen (secondary N) is 4. The molecule has 0 spiro atoms. The Morgan fingerprint density at radius 3 is 2.26 bits per heavy atom. The first-order chi connectivity index (χ1) is 14.7. The number of anilines is 2. The normalized spacial score (nSPS) is 11.0. The zero-order chi connectivity index (χ0) is 22.6. The molecular formula is C24H26N4O3. The lowest BCUT2D eigenvalue weighted by Gasteiger charge is -2.19. The number of aromatic nitrogens is 1. The Balaban J connectivity index is 1.81. The quantitative estimate of drug-likeness (QED) is 0.507. The minimum absolute atomic E-state index is 0.0194. The van der Waals surface area contributed by atoms with E-state index < -0.39 is 11.6 Å². The van der Waals surface area contributed by atoms with Gasteiger partial charge in [0.2, 0.25) is 0 Å². The van der Waals surface area contributed by atoms with Crippen molar-refractivity contribution in [1.29, 1.82) is 0 Å². The Bertz CT molecular complexity index is 1160. The van der Waals surface area contributed by atoms with Gasteiger partial charge in [0.15, 0.2) is 0 Å². The highest BCUT2D eigenvalue weighted by atomic mass is 16.2. The number of H-pyrrole nitrogens is 1. The van der Waals surface area contributed by atoms with Gasteiger partial charge in [0.05, 0.1) is 0 Å². The summed E-state index contributed by atoms with van der Waals surface area (Å²) in [4.78, 5) is 38.8. The minimum atomic E-state index is -0.485. The van der Waals surface area contributed by atoms with Crippen LogP contribution in [0.1, 0.15) is 36.7 Å². The first-order valence-corrected chi connectivity index (χ1v) is 9.91. The van der Waals surface area contributed by atoms with Crippen molar-refractivity contribution in [1.82, 2.24) is 10.3 Å². The SMILES string of the molecule is CNC(=O)Nc1cc(-c2cccc(NC(=O)c3ccc(C(C)(C)C)cc3)c2)c[nH]c1=O. The van der Waals surface area contributed by atoms with E-state index in [-0.39, 0.29) is 17.0 Å². The summed E-state index contributed by atoms with van der Waals surface area (Å²) in [6, 6.07) is 15.9. The van der Waals surface area contributed by atoms with Crippen molar-refractivity contribution in [3.8, 4) is 11.1 Å². The van der Waals surface area contributed by atoms with E-state index in [1.165, 1.54) is 7.05 Å². The molecule has 0 radical (unpaired) electrons. The van der Waals surface area contributed by atoms with Crippen LogP contribution in [0, 0.1) is 0 Å². The number of pyridine rings is 1. The monoisotopic (exact) mass is 418 g/mol. The molecule has 160 valence electrons. The van der Waals surface area contributed by atoms with Crippen LogP contribution in [0.2, 0.25) is 0 Å². The Morgan fingerprint density at radius 2 is 1.61 bits per heavy atom. The second kappa shape index (κ2) is 8.87. The summed E-state index contributed by atoms with van der Waals surface area (Å²) >= 11 is 0. The van der Waals surface area contributed by atoms with E-state index in [2.05, 4.69) is 41.7 Å². The van der Waals surface area contributed by atoms with Crippen LogP contribution in [0.3, 0.4) is 0 Å². The van der Waals surface area contributed by atoms with Gasteiger partial charge in [-0.15, -0.1) is 0 Å². The molecule has 0 aliphatic carbocycles. The maximum absolute atomic E-state index is 12.7. The molecule has 4 N–H and O–H groups in total. The topological polar surface area (TPSA) is 103 Å². The molecule has 0 bridgehead atoms. The predicted octanol–water partition coefficient (Wildman–Crippen LogP) is 4.34. The number of urea groups is 1. The average molecular weight is 418 g/mol. The summed E-state index contributed by atoms with van der Waals surface area (Å²) in [6.07, 6.45) is 1.56. The summed E-state index contributed by atoms with van der Waals surface area (Å²) in [5, 5.41) is 7.80. The molecule has 0 fully saturated rings. The summed E-state index contributed by atoms with van der Waals surface area (Å²) in [5.41, 5.74) is 3.56. The highest BCUT2D eigenvalue weighted by Crippen LogP contribution is 2.25. The van der Waals surface area contributed by atoms with Crippen molar-refractivity contribution < 1.29 is 9.59 Å². The lowest BCUT2D eigenvalue weighted by molar-refractivity contribution is 0.102. The van der Waals surface area contributed by atoms with Gasteiger partial charge in [0.25, 0.3) is 11.5 Å². The lowest BCUT2D eigenvalue weighted by Crippen LogP contribution is -2.27. The first-order valence-electron chi connectivity index (χ1n) is 9.91. The molecule has 1 aromatic heterocycles. The van der Waals surface area contributed by atoms with Crippen molar-refractivity contribution in [3.05, 3.63) is 82.3 Å². The first kappa shape index (κ1) is 21.8. The maximum Gasteiger partial charge on any atom is 0.319 e. The van der Waals surface area contributed by atoms with Crippen LogP contribution in [0.4, 0.5) is 16.2 Å². The molecule has 0 saturated carbocycles. The number of carbonyl (C=O) groups excluding carboxylic acids is 2. The number of hydrogen-bond acceptors (Lipinski definition) is 3. The van der Waals surface area contributed by atoms with Crippen molar-refractivity contribution in [2.75, 3.05) is 17.7 Å². The smallest absolute Gasteiger partial charge is 0.319 e. The van der Waals surface area contributed by atoms with Crippen LogP contribution in [-0.2, 0) is 5.41 Å². The van der Waals surface area contributed by atoms with Gasteiger partial charge in [-0.3, -0.25) is 9.59 Å². The molecule has 3 amide bonds. The van der Waals surface area contributed by atoms with Crippen molar-refractivity contribution in [2.45, 2.75) is 26.2 Å². The fourth-order valence-corrected chi connectivity index (χ4v) is 3.03. The number of amides is 3. The van der Waals surface area contributed by atoms with E-state index >= 15 is 0 Å². The third kappa shape index (κ3) is 5.39. The van der Waals surface area contributed by atoms with E-state index in [4.69, 9.17) is 0 Å². The van der Waals surface area contributed by atoms with Crippen molar-refractivity contribution >= 4 is 23.3 Å². The van der Waals surface area contributed by atoms with Crippen LogP contribution in [0.15, 0.2) is 65.6 Å². The number of rotatable bonds is 4. The Kier molecular flexibility index (Phi) is 6.25. The molecule has 7 nitrogen and oxygen atoms in total. The third-order valence-electron chi connectivity index (χ3n) is 4.85. The molecule has 2 aromatic carbocycles. The van der Waals surface area contributed by atoms with E-state index in [1.54, 1.807) is 24.4 Å². The van der Waals surface area contributed by atoms with Crippen LogP contribution in [0.25, 0.3) is 11.1 Å². The molecule has 0 aliphatic heterocycles. The van der Waals surface area contributed by atoms with Gasteiger partial charge in [-0.05, 0) is 46.9 Å². The zero-order valence-corrected chi connectivity index (χ0v) is 18.0. The van der Waals surface area contributed by atoms with Crippen LogP contribution >= 0.6 is 0 Å². The Labute approximate surface area is 180 Å². The summed E-state index contributed by atoms with van der Waals surface area (Å²) in [7, 11) is 1.47. The fraction of sp³-hybridized carbons (Fsp3) is 0.208. The summed E-state index contributed by atoms with van der Waals surface area (Å²) < 4.78 is 0. The summed E-state index contributed by atoms with van der Waals surface area (Å²) in [6.45, 7) is 6.37. The molecule has 0 unspecified atom stereocenters. The predicted molar refractivity (Wildman–Crippen MR) is 124 cm³/mol. The number of hydrogen-bond donors (Lipinski definition) is 4. The average Bonchev–Trinajstić information content (AvgIpc) is 2.74. The second-order valence-electron chi connectivity index (χ2n) is 8.20. The molecule has 3 aromatic rings. The standard InChI is InChI=1S/C24H26N4O3/c1-24(2,3)18-10-8-15(9-11-18)21(29)27-19-7-5-6-16(12-19)17-13-20(22(30)26-14-17)28-23(31)25-4/h5-14H,1-4H3,(H,26,30)(H,27,29)(H2,25,28,31). The molecular weight excluding hydrogens is 392 g/mol. The zero-order valence-electron chi connectivity index (χ0n) is 18.0. The van der Waals surface area contributed by atoms with Gasteiger partial charge in [-0.1, -0.05) is 45.0 Å². The lowest BCUT2D eigenvalue weighted by atomic mass is 9.87. The van der Waals surface area contributed by atoms with Crippen LogP contribution in [-0.4, -0.2) is 24.0 Å². The van der Waals surface area contributed by atoms with Crippen molar-refractivity contribution in [2.24, 2.45) is 0 Å². The fourth-order valence-electron chi connectivity index (χ4n) is 3.03. The van der Waals surface area contributed by atoms with Gasteiger partial charge < -0.3 is 20.9 Å². The minimum Gasteiger partial charge on any atom is -0.341 e. The molecule has 0 aliphatic rings. The number of carbonyl (C=O) groups is 2. The molecule has 3 rings (SSSR count). The van der Waals surface area contributed by atoms with E-state index in [1.807, 2.05) is 36.4 Å². The van der Waals surface area contributed by atoms with Gasteiger partial charge in [-0.25, -0.2) is 4.79 Å². The van der Waals surface area contributed by atoms with Gasteiger partial charge in [-0.2, -0.15) is 0 Å². The van der Waals surface area contributed by atoms with E-state index in [0.29, 0.717) is 16.8 Å². The highest BCUT2D eigenvalue weighted by Gasteiger charge is 2.14. The molecule has 7 heteroatoms. The third-order valence-corrected chi connectivity index (χ3v) is 4.85. The van der Waals surface area contributed by atoms with Crippen LogP contribution < -0.4 is 21.5 Å². The summed E-state index contributed by atoms with van der Waals surface area (Å²) in [5.74, 6) is -0.207. The largest absolute Gasteiger partial charge is 0.341 e. The molecule has 0 atom stereocenters. The van der Waals surface area contributed by atoms with E-state index in [9.17, 15) is 14.4 Å². The maximum atomic E-state index is 12.7.